The predicted octanol–water partition coefficient (Wildman–Crippen LogP) is 2.70. The number of nitrogens with two attached hydrogens (primary N) is 1. The van der Waals surface area contributed by atoms with Crippen LogP contribution in [0.4, 0.5) is 10.5 Å². The van der Waals surface area contributed by atoms with Gasteiger partial charge in [0.1, 0.15) is 0 Å². The molecule has 2 aromatic carbocycles. The van der Waals surface area contributed by atoms with Crippen LogP contribution in [0.3, 0.4) is 0 Å². The van der Waals surface area contributed by atoms with E-state index in [0.29, 0.717) is 48.4 Å². The van der Waals surface area contributed by atoms with Crippen LogP contribution < -0.4 is 16.4 Å². The molecule has 0 spiro atoms. The first kappa shape index (κ1) is 26.6. The summed E-state index contributed by atoms with van der Waals surface area (Å²) in [6.45, 7) is 2.00. The van der Waals surface area contributed by atoms with Crippen LogP contribution in [-0.4, -0.2) is 67.9 Å². The minimum atomic E-state index is -0.340. The maximum atomic E-state index is 13.1. The van der Waals surface area contributed by atoms with Crippen molar-refractivity contribution in [2.75, 3.05) is 45.6 Å². The van der Waals surface area contributed by atoms with E-state index in [1.807, 2.05) is 25.1 Å². The Morgan fingerprint density at radius 1 is 1.06 bits per heavy atom. The molecule has 0 saturated carbocycles. The number of halogens is 2. The quantitative estimate of drug-likeness (QED) is 0.406. The molecule has 3 rings (SSSR count). The lowest BCUT2D eigenvalue weighted by atomic mass is 9.93. The molecule has 4 N–H and O–H groups in total. The number of hydrogen-bond donors (Lipinski definition) is 3. The lowest BCUT2D eigenvalue weighted by Crippen LogP contribution is -2.43. The summed E-state index contributed by atoms with van der Waals surface area (Å²) in [6, 6.07) is 8.44. The normalized spacial score (nSPS) is 12.5. The number of urea groups is 1. The number of unbranched alkanes of at least 4 members (excludes halogenated alkanes) is 1. The van der Waals surface area contributed by atoms with E-state index in [1.165, 1.54) is 4.90 Å². The van der Waals surface area contributed by atoms with E-state index in [-0.39, 0.29) is 42.7 Å². The monoisotopic (exact) mass is 469 g/mol. The van der Waals surface area contributed by atoms with Gasteiger partial charge in [0.2, 0.25) is 0 Å². The average molecular weight is 470 g/mol. The molecule has 0 aromatic heterocycles. The molecule has 8 nitrogen and oxygen atoms in total. The Labute approximate surface area is 194 Å². The number of rotatable bonds is 8. The van der Waals surface area contributed by atoms with Crippen LogP contribution >= 0.6 is 24.8 Å². The van der Waals surface area contributed by atoms with Crippen LogP contribution in [0.25, 0.3) is 10.8 Å². The van der Waals surface area contributed by atoms with Crippen LogP contribution in [-0.2, 0) is 0 Å². The number of nitrogens with one attached hydrogen (secondary N) is 2. The summed E-state index contributed by atoms with van der Waals surface area (Å²) < 4.78 is 0. The van der Waals surface area contributed by atoms with E-state index in [0.717, 1.165) is 18.2 Å². The third kappa shape index (κ3) is 6.07. The molecule has 0 bridgehead atoms. The summed E-state index contributed by atoms with van der Waals surface area (Å²) in [6.07, 6.45) is 1.65. The summed E-state index contributed by atoms with van der Waals surface area (Å²) in [5, 5.41) is 6.94. The maximum absolute atomic E-state index is 13.1. The van der Waals surface area contributed by atoms with Crippen LogP contribution in [0.5, 0.6) is 0 Å². The predicted molar refractivity (Wildman–Crippen MR) is 128 cm³/mol. The molecular weight excluding hydrogens is 441 g/mol. The molecule has 0 unspecified atom stereocenters. The lowest BCUT2D eigenvalue weighted by molar-refractivity contribution is 0.0601. The molecule has 1 heterocycles. The molecular formula is C21H29Cl2N5O3. The average Bonchev–Trinajstić information content (AvgIpc) is 2.68. The van der Waals surface area contributed by atoms with Crippen molar-refractivity contribution < 1.29 is 14.4 Å². The minimum Gasteiger partial charge on any atom is -0.338 e. The second-order valence-electron chi connectivity index (χ2n) is 7.37. The van der Waals surface area contributed by atoms with Crippen LogP contribution in [0.1, 0.15) is 33.6 Å². The van der Waals surface area contributed by atoms with Crippen LogP contribution in [0, 0.1) is 0 Å². The number of anilines is 1. The molecule has 10 heteroatoms. The second-order valence-corrected chi connectivity index (χ2v) is 7.37. The van der Waals surface area contributed by atoms with Gasteiger partial charge >= 0.3 is 6.03 Å². The van der Waals surface area contributed by atoms with E-state index in [4.69, 9.17) is 5.73 Å². The summed E-state index contributed by atoms with van der Waals surface area (Å²) in [5.74, 6) is -0.624. The van der Waals surface area contributed by atoms with Gasteiger partial charge in [0.15, 0.2) is 0 Å². The largest absolute Gasteiger partial charge is 0.338 e. The fraction of sp³-hybridized carbons (Fsp3) is 0.381. The number of carbonyl (C=O) groups is 3. The molecule has 0 radical (unpaired) electrons. The van der Waals surface area contributed by atoms with Gasteiger partial charge < -0.3 is 21.3 Å². The molecule has 31 heavy (non-hydrogen) atoms. The van der Waals surface area contributed by atoms with Crippen LogP contribution in [0.15, 0.2) is 30.3 Å². The first-order valence-corrected chi connectivity index (χ1v) is 9.75. The maximum Gasteiger partial charge on any atom is 0.319 e. The summed E-state index contributed by atoms with van der Waals surface area (Å²) >= 11 is 0. The van der Waals surface area contributed by atoms with E-state index < -0.39 is 0 Å². The highest BCUT2D eigenvalue weighted by atomic mass is 35.5. The number of hydrogen-bond acceptors (Lipinski definition) is 5. The highest BCUT2D eigenvalue weighted by Gasteiger charge is 2.33. The molecule has 1 aliphatic rings. The molecule has 2 aromatic rings. The first-order chi connectivity index (χ1) is 13.9. The van der Waals surface area contributed by atoms with Crippen molar-refractivity contribution >= 4 is 59.1 Å². The van der Waals surface area contributed by atoms with Crippen molar-refractivity contribution in [3.05, 3.63) is 41.5 Å². The third-order valence-electron chi connectivity index (χ3n) is 4.87. The number of benzene rings is 2. The number of amides is 4. The Morgan fingerprint density at radius 2 is 1.77 bits per heavy atom. The number of likely N-dealkylation sites (N-methyl/N-ethyl adjacent to an activating group) is 1. The zero-order valence-corrected chi connectivity index (χ0v) is 19.3. The number of carbonyl (C=O) groups excluding carboxylic acids is 3. The topological polar surface area (TPSA) is 108 Å². The Hall–Kier alpha value is -2.39. The Kier molecular flexibility index (Phi) is 10.2. The van der Waals surface area contributed by atoms with Gasteiger partial charge in [0.05, 0.1) is 5.56 Å². The van der Waals surface area contributed by atoms with Crippen molar-refractivity contribution in [2.45, 2.75) is 12.8 Å². The molecule has 1 aliphatic heterocycles. The van der Waals surface area contributed by atoms with Gasteiger partial charge in [-0.15, -0.1) is 24.8 Å². The zero-order valence-electron chi connectivity index (χ0n) is 17.6. The van der Waals surface area contributed by atoms with E-state index in [1.54, 1.807) is 24.3 Å². The van der Waals surface area contributed by atoms with Gasteiger partial charge in [0.25, 0.3) is 11.8 Å². The van der Waals surface area contributed by atoms with Crippen molar-refractivity contribution in [1.82, 2.24) is 15.1 Å². The van der Waals surface area contributed by atoms with Crippen molar-refractivity contribution in [3.8, 4) is 0 Å². The Balaban J connectivity index is 0.00000240. The van der Waals surface area contributed by atoms with Gasteiger partial charge in [-0.3, -0.25) is 14.5 Å². The van der Waals surface area contributed by atoms with Crippen LogP contribution in [0.2, 0.25) is 0 Å². The fourth-order valence-corrected chi connectivity index (χ4v) is 3.38. The smallest absolute Gasteiger partial charge is 0.319 e. The Morgan fingerprint density at radius 3 is 2.45 bits per heavy atom. The Bertz CT molecular complexity index is 952. The second kappa shape index (κ2) is 11.9. The zero-order chi connectivity index (χ0) is 21.0. The van der Waals surface area contributed by atoms with Gasteiger partial charge in [-0.2, -0.15) is 0 Å². The first-order valence-electron chi connectivity index (χ1n) is 9.75. The lowest BCUT2D eigenvalue weighted by Gasteiger charge is -2.28. The van der Waals surface area contributed by atoms with Gasteiger partial charge in [-0.25, -0.2) is 4.79 Å². The number of nitrogens with zero attached hydrogens (tertiary/aromatic N) is 2. The molecule has 0 aliphatic carbocycles. The molecule has 0 fully saturated rings. The van der Waals surface area contributed by atoms with Gasteiger partial charge in [-0.1, -0.05) is 12.1 Å². The SMILES string of the molecule is CN(C)CCN1C(=O)c2cccc3cc(NC(=O)NCCCCN)cc(c23)C1=O.Cl.Cl. The van der Waals surface area contributed by atoms with Gasteiger partial charge in [0, 0.05) is 36.3 Å². The van der Waals surface area contributed by atoms with E-state index in [9.17, 15) is 14.4 Å². The molecule has 4 amide bonds. The summed E-state index contributed by atoms with van der Waals surface area (Å²) in [5.41, 5.74) is 6.90. The molecule has 170 valence electrons. The minimum absolute atomic E-state index is 0. The van der Waals surface area contributed by atoms with Crippen molar-refractivity contribution in [1.29, 1.82) is 0 Å². The van der Waals surface area contributed by atoms with E-state index in [2.05, 4.69) is 10.6 Å². The fourth-order valence-electron chi connectivity index (χ4n) is 3.38. The van der Waals surface area contributed by atoms with Crippen molar-refractivity contribution in [2.24, 2.45) is 5.73 Å². The van der Waals surface area contributed by atoms with E-state index >= 15 is 0 Å². The molecule has 0 saturated heterocycles. The van der Waals surface area contributed by atoms with Gasteiger partial charge in [-0.05, 0) is 57.1 Å². The third-order valence-corrected chi connectivity index (χ3v) is 4.87. The van der Waals surface area contributed by atoms with Crippen molar-refractivity contribution in [3.63, 3.8) is 0 Å². The highest BCUT2D eigenvalue weighted by Crippen LogP contribution is 2.32. The summed E-state index contributed by atoms with van der Waals surface area (Å²) in [7, 11) is 3.78. The highest BCUT2D eigenvalue weighted by molar-refractivity contribution is 6.26. The molecule has 0 atom stereocenters. The number of imide groups is 1. The standard InChI is InChI=1S/C21H27N5O3.2ClH/c1-25(2)10-11-26-19(27)16-7-5-6-14-12-15(13-17(18(14)16)20(26)28)24-21(29)23-9-4-3-8-22;;/h5-7,12-13H,3-4,8-11,22H2,1-2H3,(H2,23,24,29);2*1H. The summed E-state index contributed by atoms with van der Waals surface area (Å²) in [4.78, 5) is 41.3.